The Kier molecular flexibility index (Phi) is 2.81. The van der Waals surface area contributed by atoms with Crippen LogP contribution in [0, 0.1) is 6.42 Å². The molecular weight excluding hydrogens is 122 g/mol. The fourth-order valence-corrected chi connectivity index (χ4v) is 0.834. The Balaban J connectivity index is 2.32. The summed E-state index contributed by atoms with van der Waals surface area (Å²) in [5, 5.41) is 3.21. The second kappa shape index (κ2) is 3.94. The Morgan fingerprint density at radius 1 is 1.70 bits per heavy atom. The predicted octanol–water partition coefficient (Wildman–Crippen LogP) is 1.81. The largest absolute Gasteiger partial charge is 0.385 e. The van der Waals surface area contributed by atoms with E-state index in [0.29, 0.717) is 0 Å². The van der Waals surface area contributed by atoms with E-state index in [1.54, 1.807) is 0 Å². The minimum Gasteiger partial charge on any atom is -0.385 e. The summed E-state index contributed by atoms with van der Waals surface area (Å²) >= 11 is 0. The quantitative estimate of drug-likeness (QED) is 0.580. The third-order valence-corrected chi connectivity index (χ3v) is 1.34. The standard InChI is InChI=1S/C9H12N/c1-2-8-10-9-6-4-3-5-7-9/h2-4,6-7,10H,1,5,8H2. The van der Waals surface area contributed by atoms with Gasteiger partial charge in [0.1, 0.15) is 0 Å². The van der Waals surface area contributed by atoms with Crippen LogP contribution in [0.5, 0.6) is 0 Å². The molecule has 0 bridgehead atoms. The van der Waals surface area contributed by atoms with Gasteiger partial charge in [-0.15, -0.1) is 6.58 Å². The van der Waals surface area contributed by atoms with Crippen LogP contribution in [0.4, 0.5) is 0 Å². The normalized spacial score (nSPS) is 16.2. The van der Waals surface area contributed by atoms with Gasteiger partial charge in [0.05, 0.1) is 0 Å². The number of nitrogens with one attached hydrogen (secondary N) is 1. The number of hydrogen-bond acceptors (Lipinski definition) is 1. The van der Waals surface area contributed by atoms with E-state index in [1.807, 2.05) is 6.08 Å². The first kappa shape index (κ1) is 7.13. The van der Waals surface area contributed by atoms with Crippen LogP contribution in [-0.2, 0) is 0 Å². The van der Waals surface area contributed by atoms with Crippen LogP contribution < -0.4 is 5.32 Å². The molecule has 1 rings (SSSR count). The van der Waals surface area contributed by atoms with Crippen molar-refractivity contribution in [3.63, 3.8) is 0 Å². The van der Waals surface area contributed by atoms with E-state index in [-0.39, 0.29) is 0 Å². The fraction of sp³-hybridized carbons (Fsp3) is 0.222. The lowest BCUT2D eigenvalue weighted by Gasteiger charge is -2.08. The first-order valence-electron chi connectivity index (χ1n) is 3.48. The molecule has 0 amide bonds. The van der Waals surface area contributed by atoms with E-state index < -0.39 is 0 Å². The van der Waals surface area contributed by atoms with E-state index in [1.165, 1.54) is 5.70 Å². The maximum absolute atomic E-state index is 3.62. The Morgan fingerprint density at radius 3 is 3.20 bits per heavy atom. The Bertz CT molecular complexity index is 166. The molecule has 10 heavy (non-hydrogen) atoms. The minimum atomic E-state index is 0.843. The molecule has 0 aliphatic heterocycles. The summed E-state index contributed by atoms with van der Waals surface area (Å²) in [5.41, 5.74) is 1.20. The highest BCUT2D eigenvalue weighted by Gasteiger charge is 1.95. The SMILES string of the molecule is C=CCNC1=CC=CC[CH]1. The summed E-state index contributed by atoms with van der Waals surface area (Å²) in [7, 11) is 0. The predicted molar refractivity (Wildman–Crippen MR) is 44.3 cm³/mol. The van der Waals surface area contributed by atoms with Crippen LogP contribution in [0.3, 0.4) is 0 Å². The van der Waals surface area contributed by atoms with Crippen LogP contribution in [-0.4, -0.2) is 6.54 Å². The van der Waals surface area contributed by atoms with Crippen LogP contribution in [0.15, 0.2) is 36.6 Å². The molecule has 0 fully saturated rings. The van der Waals surface area contributed by atoms with Crippen molar-refractivity contribution in [2.75, 3.05) is 6.54 Å². The zero-order valence-electron chi connectivity index (χ0n) is 6.01. The topological polar surface area (TPSA) is 12.0 Å². The highest BCUT2D eigenvalue weighted by atomic mass is 14.9. The first-order valence-corrected chi connectivity index (χ1v) is 3.48. The van der Waals surface area contributed by atoms with E-state index in [2.05, 4.69) is 36.5 Å². The van der Waals surface area contributed by atoms with Gasteiger partial charge in [-0.05, 0) is 12.5 Å². The smallest absolute Gasteiger partial charge is 0.0325 e. The lowest BCUT2D eigenvalue weighted by molar-refractivity contribution is 0.893. The van der Waals surface area contributed by atoms with Crippen molar-refractivity contribution >= 4 is 0 Å². The molecule has 0 spiro atoms. The van der Waals surface area contributed by atoms with E-state index in [9.17, 15) is 0 Å². The van der Waals surface area contributed by atoms with Gasteiger partial charge in [0.25, 0.3) is 0 Å². The summed E-state index contributed by atoms with van der Waals surface area (Å²) in [6, 6.07) is 0. The van der Waals surface area contributed by atoms with E-state index >= 15 is 0 Å². The molecule has 53 valence electrons. The summed E-state index contributed by atoms with van der Waals surface area (Å²) in [6.45, 7) is 4.47. The Hall–Kier alpha value is -0.980. The van der Waals surface area contributed by atoms with Crippen molar-refractivity contribution in [3.8, 4) is 0 Å². The van der Waals surface area contributed by atoms with Gasteiger partial charge >= 0.3 is 0 Å². The van der Waals surface area contributed by atoms with Crippen LogP contribution >= 0.6 is 0 Å². The molecule has 1 nitrogen and oxygen atoms in total. The van der Waals surface area contributed by atoms with Crippen molar-refractivity contribution in [3.05, 3.63) is 43.0 Å². The molecule has 1 aliphatic carbocycles. The summed E-state index contributed by atoms with van der Waals surface area (Å²) in [4.78, 5) is 0. The minimum absolute atomic E-state index is 0.843. The van der Waals surface area contributed by atoms with Crippen LogP contribution in [0.1, 0.15) is 6.42 Å². The van der Waals surface area contributed by atoms with Crippen molar-refractivity contribution in [2.45, 2.75) is 6.42 Å². The van der Waals surface area contributed by atoms with Crippen molar-refractivity contribution in [1.82, 2.24) is 5.32 Å². The summed E-state index contributed by atoms with van der Waals surface area (Å²) < 4.78 is 0. The summed E-state index contributed by atoms with van der Waals surface area (Å²) in [5.74, 6) is 0. The molecule has 0 aromatic rings. The molecule has 1 radical (unpaired) electrons. The number of allylic oxidation sites excluding steroid dienone is 4. The van der Waals surface area contributed by atoms with Crippen LogP contribution in [0.2, 0.25) is 0 Å². The van der Waals surface area contributed by atoms with Crippen molar-refractivity contribution < 1.29 is 0 Å². The van der Waals surface area contributed by atoms with Gasteiger partial charge in [0, 0.05) is 18.7 Å². The Labute approximate surface area is 62.1 Å². The van der Waals surface area contributed by atoms with Crippen molar-refractivity contribution in [1.29, 1.82) is 0 Å². The van der Waals surface area contributed by atoms with E-state index in [4.69, 9.17) is 0 Å². The Morgan fingerprint density at radius 2 is 2.60 bits per heavy atom. The van der Waals surface area contributed by atoms with Gasteiger partial charge in [-0.1, -0.05) is 18.2 Å². The van der Waals surface area contributed by atoms with Gasteiger partial charge in [0.15, 0.2) is 0 Å². The first-order chi connectivity index (χ1) is 4.93. The van der Waals surface area contributed by atoms with Gasteiger partial charge in [-0.2, -0.15) is 0 Å². The zero-order chi connectivity index (χ0) is 7.23. The second-order valence-electron chi connectivity index (χ2n) is 2.16. The molecule has 1 N–H and O–H groups in total. The van der Waals surface area contributed by atoms with Crippen molar-refractivity contribution in [2.24, 2.45) is 0 Å². The monoisotopic (exact) mass is 134 g/mol. The molecule has 1 aliphatic rings. The molecule has 0 saturated carbocycles. The number of rotatable bonds is 3. The maximum Gasteiger partial charge on any atom is 0.0325 e. The van der Waals surface area contributed by atoms with E-state index in [0.717, 1.165) is 13.0 Å². The molecule has 1 heteroatoms. The average molecular weight is 134 g/mol. The zero-order valence-corrected chi connectivity index (χ0v) is 6.01. The third kappa shape index (κ3) is 2.09. The molecule has 0 aromatic carbocycles. The van der Waals surface area contributed by atoms with Gasteiger partial charge in [0.2, 0.25) is 0 Å². The molecule has 0 saturated heterocycles. The van der Waals surface area contributed by atoms with Crippen LogP contribution in [0.25, 0.3) is 0 Å². The molecular formula is C9H12N. The highest BCUT2D eigenvalue weighted by Crippen LogP contribution is 2.06. The summed E-state index contributed by atoms with van der Waals surface area (Å²) in [6.07, 6.45) is 11.3. The fourth-order valence-electron chi connectivity index (χ4n) is 0.834. The maximum atomic E-state index is 3.62. The molecule has 0 heterocycles. The molecule has 0 unspecified atom stereocenters. The highest BCUT2D eigenvalue weighted by molar-refractivity contribution is 5.24. The molecule has 0 atom stereocenters. The van der Waals surface area contributed by atoms with Gasteiger partial charge in [-0.3, -0.25) is 0 Å². The average Bonchev–Trinajstić information content (AvgIpc) is 2.03. The van der Waals surface area contributed by atoms with Gasteiger partial charge in [-0.25, -0.2) is 0 Å². The molecule has 0 aromatic heterocycles. The third-order valence-electron chi connectivity index (χ3n) is 1.34. The van der Waals surface area contributed by atoms with Gasteiger partial charge < -0.3 is 5.32 Å². The lowest BCUT2D eigenvalue weighted by atomic mass is 10.1. The second-order valence-corrected chi connectivity index (χ2v) is 2.16. The lowest BCUT2D eigenvalue weighted by Crippen LogP contribution is -2.13. The number of hydrogen-bond donors (Lipinski definition) is 1.